The number of rotatable bonds is 3. The van der Waals surface area contributed by atoms with Crippen LogP contribution in [0.2, 0.25) is 0 Å². The van der Waals surface area contributed by atoms with Crippen molar-refractivity contribution >= 4 is 26.4 Å². The van der Waals surface area contributed by atoms with Gasteiger partial charge in [0.05, 0.1) is 5.56 Å². The first kappa shape index (κ1) is 14.5. The van der Waals surface area contributed by atoms with E-state index in [0.717, 1.165) is 18.2 Å². The van der Waals surface area contributed by atoms with E-state index in [-0.39, 0.29) is 0 Å². The maximum absolute atomic E-state index is 12.3. The van der Waals surface area contributed by atoms with E-state index < -0.39 is 17.7 Å². The summed E-state index contributed by atoms with van der Waals surface area (Å²) < 4.78 is 37.4. The number of halogens is 4. The summed E-state index contributed by atoms with van der Waals surface area (Å²) in [4.78, 5) is 10.2. The molecule has 0 aliphatic heterocycles. The van der Waals surface area contributed by atoms with Gasteiger partial charge < -0.3 is 5.11 Å². The lowest BCUT2D eigenvalue weighted by atomic mass is 10.1. The standard InChI is InChI=1S/C12H8BrF3O2/c13-10(2-1-3-11(17)18)8-4-6-9(7-5-8)12(14,15)16/h1-7H,(H,17,18)/b3-1+,10-2+. The van der Waals surface area contributed by atoms with Crippen LogP contribution in [-0.2, 0) is 11.0 Å². The summed E-state index contributed by atoms with van der Waals surface area (Å²) in [7, 11) is 0. The fraction of sp³-hybridized carbons (Fsp3) is 0.0833. The molecular weight excluding hydrogens is 313 g/mol. The van der Waals surface area contributed by atoms with Crippen LogP contribution < -0.4 is 0 Å². The lowest BCUT2D eigenvalue weighted by Crippen LogP contribution is -2.04. The molecule has 0 aliphatic rings. The molecule has 6 heteroatoms. The van der Waals surface area contributed by atoms with Gasteiger partial charge in [0.1, 0.15) is 0 Å². The highest BCUT2D eigenvalue weighted by atomic mass is 79.9. The summed E-state index contributed by atoms with van der Waals surface area (Å²) in [5, 5.41) is 8.37. The van der Waals surface area contributed by atoms with Gasteiger partial charge in [-0.2, -0.15) is 13.2 Å². The Morgan fingerprint density at radius 3 is 2.22 bits per heavy atom. The Morgan fingerprint density at radius 2 is 1.78 bits per heavy atom. The highest BCUT2D eigenvalue weighted by molar-refractivity contribution is 9.15. The molecule has 0 heterocycles. The second kappa shape index (κ2) is 5.86. The van der Waals surface area contributed by atoms with Gasteiger partial charge in [-0.15, -0.1) is 0 Å². The van der Waals surface area contributed by atoms with Crippen molar-refractivity contribution in [1.29, 1.82) is 0 Å². The van der Waals surface area contributed by atoms with Gasteiger partial charge >= 0.3 is 12.1 Å². The summed E-state index contributed by atoms with van der Waals surface area (Å²) in [5.74, 6) is -1.10. The normalized spacial score (nSPS) is 13.0. The van der Waals surface area contributed by atoms with E-state index in [1.54, 1.807) is 0 Å². The first-order valence-corrected chi connectivity index (χ1v) is 5.54. The van der Waals surface area contributed by atoms with Crippen LogP contribution >= 0.6 is 15.9 Å². The molecule has 1 aromatic rings. The maximum Gasteiger partial charge on any atom is 0.416 e. The number of alkyl halides is 3. The van der Waals surface area contributed by atoms with Gasteiger partial charge in [0.15, 0.2) is 0 Å². The van der Waals surface area contributed by atoms with E-state index in [2.05, 4.69) is 15.9 Å². The van der Waals surface area contributed by atoms with Gasteiger partial charge in [0.2, 0.25) is 0 Å². The van der Waals surface area contributed by atoms with Crippen LogP contribution in [0.4, 0.5) is 13.2 Å². The molecule has 0 spiro atoms. The minimum atomic E-state index is -4.36. The molecule has 0 radical (unpaired) electrons. The highest BCUT2D eigenvalue weighted by Crippen LogP contribution is 2.30. The van der Waals surface area contributed by atoms with E-state index >= 15 is 0 Å². The van der Waals surface area contributed by atoms with E-state index in [4.69, 9.17) is 5.11 Å². The Bertz CT molecular complexity index is 487. The fourth-order valence-electron chi connectivity index (χ4n) is 1.13. The highest BCUT2D eigenvalue weighted by Gasteiger charge is 2.29. The molecule has 0 saturated heterocycles. The van der Waals surface area contributed by atoms with E-state index in [9.17, 15) is 18.0 Å². The van der Waals surface area contributed by atoms with Crippen molar-refractivity contribution in [3.63, 3.8) is 0 Å². The molecule has 0 aromatic heterocycles. The zero-order chi connectivity index (χ0) is 13.8. The third kappa shape index (κ3) is 4.37. The van der Waals surface area contributed by atoms with Crippen molar-refractivity contribution in [2.45, 2.75) is 6.18 Å². The van der Waals surface area contributed by atoms with Gasteiger partial charge in [0.25, 0.3) is 0 Å². The Kier molecular flexibility index (Phi) is 4.72. The molecule has 96 valence electrons. The zero-order valence-corrected chi connectivity index (χ0v) is 10.5. The molecule has 0 fully saturated rings. The average Bonchev–Trinajstić information content (AvgIpc) is 2.27. The Labute approximate surface area is 110 Å². The van der Waals surface area contributed by atoms with Crippen molar-refractivity contribution in [3.8, 4) is 0 Å². The van der Waals surface area contributed by atoms with Gasteiger partial charge in [0, 0.05) is 10.6 Å². The van der Waals surface area contributed by atoms with E-state index in [0.29, 0.717) is 10.0 Å². The minimum Gasteiger partial charge on any atom is -0.478 e. The van der Waals surface area contributed by atoms with Crippen LogP contribution in [0.15, 0.2) is 42.5 Å². The van der Waals surface area contributed by atoms with Crippen molar-refractivity contribution in [2.75, 3.05) is 0 Å². The number of carboxylic acids is 1. The summed E-state index contributed by atoms with van der Waals surface area (Å²) in [6.45, 7) is 0. The Hall–Kier alpha value is -1.56. The number of carboxylic acid groups (broad SMARTS) is 1. The van der Waals surface area contributed by atoms with Gasteiger partial charge in [-0.1, -0.05) is 34.1 Å². The van der Waals surface area contributed by atoms with Crippen LogP contribution in [0, 0.1) is 0 Å². The number of allylic oxidation sites excluding steroid dienone is 2. The third-order valence-corrected chi connectivity index (χ3v) is 2.69. The van der Waals surface area contributed by atoms with Crippen LogP contribution in [0.3, 0.4) is 0 Å². The summed E-state index contributed by atoms with van der Waals surface area (Å²) in [5.41, 5.74) is -0.203. The molecule has 2 nitrogen and oxygen atoms in total. The van der Waals surface area contributed by atoms with Crippen LogP contribution in [0.5, 0.6) is 0 Å². The topological polar surface area (TPSA) is 37.3 Å². The quantitative estimate of drug-likeness (QED) is 0.673. The molecule has 0 unspecified atom stereocenters. The van der Waals surface area contributed by atoms with Crippen LogP contribution in [0.1, 0.15) is 11.1 Å². The molecule has 1 aromatic carbocycles. The molecule has 1 rings (SSSR count). The van der Waals surface area contributed by atoms with E-state index in [1.165, 1.54) is 24.3 Å². The second-order valence-corrected chi connectivity index (χ2v) is 4.14. The van der Waals surface area contributed by atoms with E-state index in [1.807, 2.05) is 0 Å². The first-order chi connectivity index (χ1) is 8.30. The second-order valence-electron chi connectivity index (χ2n) is 3.29. The monoisotopic (exact) mass is 320 g/mol. The summed E-state index contributed by atoms with van der Waals surface area (Å²) in [6, 6.07) is 4.53. The van der Waals surface area contributed by atoms with Crippen molar-refractivity contribution < 1.29 is 23.1 Å². The predicted molar refractivity (Wildman–Crippen MR) is 65.1 cm³/mol. The summed E-state index contributed by atoms with van der Waals surface area (Å²) >= 11 is 3.15. The van der Waals surface area contributed by atoms with Crippen LogP contribution in [0.25, 0.3) is 4.48 Å². The van der Waals surface area contributed by atoms with Crippen molar-refractivity contribution in [3.05, 3.63) is 53.6 Å². The average molecular weight is 321 g/mol. The largest absolute Gasteiger partial charge is 0.478 e. The lowest BCUT2D eigenvalue weighted by Gasteiger charge is -2.07. The molecule has 0 saturated carbocycles. The molecule has 0 amide bonds. The number of hydrogen-bond acceptors (Lipinski definition) is 1. The lowest BCUT2D eigenvalue weighted by molar-refractivity contribution is -0.137. The Morgan fingerprint density at radius 1 is 1.22 bits per heavy atom. The molecular formula is C12H8BrF3O2. The fourth-order valence-corrected chi connectivity index (χ4v) is 1.55. The molecule has 1 N–H and O–H groups in total. The van der Waals surface area contributed by atoms with Crippen molar-refractivity contribution in [1.82, 2.24) is 0 Å². The van der Waals surface area contributed by atoms with Gasteiger partial charge in [-0.05, 0) is 23.8 Å². The number of aliphatic carboxylic acids is 1. The third-order valence-electron chi connectivity index (χ3n) is 1.97. The first-order valence-electron chi connectivity index (χ1n) is 4.75. The zero-order valence-electron chi connectivity index (χ0n) is 8.91. The van der Waals surface area contributed by atoms with Gasteiger partial charge in [-0.3, -0.25) is 0 Å². The molecule has 0 aliphatic carbocycles. The molecule has 0 atom stereocenters. The number of benzene rings is 1. The SMILES string of the molecule is O=C(O)/C=C/C=C(/Br)c1ccc(C(F)(F)F)cc1. The van der Waals surface area contributed by atoms with Crippen LogP contribution in [-0.4, -0.2) is 11.1 Å². The maximum atomic E-state index is 12.3. The molecule has 0 bridgehead atoms. The summed E-state index contributed by atoms with van der Waals surface area (Å²) in [6.07, 6.45) is -0.718. The van der Waals surface area contributed by atoms with Gasteiger partial charge in [-0.25, -0.2) is 4.79 Å². The predicted octanol–water partition coefficient (Wildman–Crippen LogP) is 4.08. The number of carbonyl (C=O) groups is 1. The number of hydrogen-bond donors (Lipinski definition) is 1. The smallest absolute Gasteiger partial charge is 0.416 e. The molecule has 18 heavy (non-hydrogen) atoms. The minimum absolute atomic E-state index is 0.494. The van der Waals surface area contributed by atoms with Crippen molar-refractivity contribution in [2.24, 2.45) is 0 Å². The Balaban J connectivity index is 2.89.